The summed E-state index contributed by atoms with van der Waals surface area (Å²) in [7, 11) is 1.41. The minimum absolute atomic E-state index is 0.0167. The second-order valence-electron chi connectivity index (χ2n) is 6.82. The highest BCUT2D eigenvalue weighted by Gasteiger charge is 2.21. The zero-order chi connectivity index (χ0) is 23.8. The van der Waals surface area contributed by atoms with E-state index < -0.39 is 12.6 Å². The standard InChI is InChI=1S/C23H20Cl2N2O6/c1-30-21-11-15(10-16(13-26)23(29)27-6-8-31-9-7-27)2-4-20(21)33-22(28)14-32-19-5-3-17(24)12-18(19)25/h2-5,10-12H,6-9,14H2,1H3/b16-10+. The highest BCUT2D eigenvalue weighted by molar-refractivity contribution is 6.35. The van der Waals surface area contributed by atoms with Gasteiger partial charge in [-0.3, -0.25) is 4.79 Å². The molecule has 0 bridgehead atoms. The van der Waals surface area contributed by atoms with Gasteiger partial charge >= 0.3 is 5.97 Å². The highest BCUT2D eigenvalue weighted by Crippen LogP contribution is 2.30. The van der Waals surface area contributed by atoms with Gasteiger partial charge in [-0.05, 0) is 42.0 Å². The summed E-state index contributed by atoms with van der Waals surface area (Å²) in [5.74, 6) is -0.350. The van der Waals surface area contributed by atoms with Crippen LogP contribution in [0.1, 0.15) is 5.56 Å². The molecule has 172 valence electrons. The third kappa shape index (κ3) is 6.62. The average Bonchev–Trinajstić information content (AvgIpc) is 2.82. The van der Waals surface area contributed by atoms with Crippen molar-refractivity contribution in [3.8, 4) is 23.3 Å². The Kier molecular flexibility index (Phi) is 8.55. The summed E-state index contributed by atoms with van der Waals surface area (Å²) in [5, 5.41) is 10.2. The second-order valence-corrected chi connectivity index (χ2v) is 7.67. The van der Waals surface area contributed by atoms with Crippen LogP contribution in [-0.2, 0) is 14.3 Å². The number of morpholine rings is 1. The third-order valence-corrected chi connectivity index (χ3v) is 5.14. The highest BCUT2D eigenvalue weighted by atomic mass is 35.5. The van der Waals surface area contributed by atoms with Gasteiger partial charge in [-0.2, -0.15) is 5.26 Å². The first-order chi connectivity index (χ1) is 15.9. The Morgan fingerprint density at radius 3 is 2.52 bits per heavy atom. The van der Waals surface area contributed by atoms with Crippen molar-refractivity contribution < 1.29 is 28.5 Å². The van der Waals surface area contributed by atoms with E-state index in [-0.39, 0.29) is 28.0 Å². The largest absolute Gasteiger partial charge is 0.493 e. The van der Waals surface area contributed by atoms with Crippen molar-refractivity contribution >= 4 is 41.2 Å². The number of hydrogen-bond acceptors (Lipinski definition) is 7. The lowest BCUT2D eigenvalue weighted by atomic mass is 10.1. The smallest absolute Gasteiger partial charge is 0.349 e. The Morgan fingerprint density at radius 2 is 1.85 bits per heavy atom. The fourth-order valence-corrected chi connectivity index (χ4v) is 3.45. The number of rotatable bonds is 7. The van der Waals surface area contributed by atoms with Crippen molar-refractivity contribution in [3.63, 3.8) is 0 Å². The van der Waals surface area contributed by atoms with Gasteiger partial charge < -0.3 is 23.8 Å². The molecule has 10 heteroatoms. The average molecular weight is 491 g/mol. The first kappa shape index (κ1) is 24.4. The topological polar surface area (TPSA) is 98.1 Å². The van der Waals surface area contributed by atoms with Gasteiger partial charge in [0, 0.05) is 18.1 Å². The second kappa shape index (κ2) is 11.6. The maximum Gasteiger partial charge on any atom is 0.349 e. The molecular formula is C23H20Cl2N2O6. The molecule has 1 fully saturated rings. The molecule has 0 radical (unpaired) electrons. The molecular weight excluding hydrogens is 471 g/mol. The summed E-state index contributed by atoms with van der Waals surface area (Å²) in [6.07, 6.45) is 1.46. The molecule has 1 aliphatic heterocycles. The van der Waals surface area contributed by atoms with Crippen LogP contribution >= 0.6 is 23.2 Å². The van der Waals surface area contributed by atoms with Crippen molar-refractivity contribution in [2.24, 2.45) is 0 Å². The first-order valence-electron chi connectivity index (χ1n) is 9.86. The Labute approximate surface area is 200 Å². The van der Waals surface area contributed by atoms with Crippen LogP contribution in [0.4, 0.5) is 0 Å². The maximum atomic E-state index is 12.6. The zero-order valence-electron chi connectivity index (χ0n) is 17.7. The van der Waals surface area contributed by atoms with E-state index in [0.29, 0.717) is 42.6 Å². The van der Waals surface area contributed by atoms with Gasteiger partial charge in [0.05, 0.1) is 25.3 Å². The summed E-state index contributed by atoms with van der Waals surface area (Å²) in [6, 6.07) is 11.2. The van der Waals surface area contributed by atoms with E-state index in [2.05, 4.69) is 0 Å². The van der Waals surface area contributed by atoms with E-state index in [1.807, 2.05) is 6.07 Å². The summed E-state index contributed by atoms with van der Waals surface area (Å²) in [6.45, 7) is 1.34. The van der Waals surface area contributed by atoms with Gasteiger partial charge in [0.15, 0.2) is 18.1 Å². The fraction of sp³-hybridized carbons (Fsp3) is 0.261. The Morgan fingerprint density at radius 1 is 1.12 bits per heavy atom. The molecule has 0 N–H and O–H groups in total. The van der Waals surface area contributed by atoms with Crippen LogP contribution < -0.4 is 14.2 Å². The predicted octanol–water partition coefficient (Wildman–Crippen LogP) is 3.75. The maximum absolute atomic E-state index is 12.6. The molecule has 1 saturated heterocycles. The number of ether oxygens (including phenoxy) is 4. The normalized spacial score (nSPS) is 13.8. The SMILES string of the molecule is COc1cc(/C=C(\C#N)C(=O)N2CCOCC2)ccc1OC(=O)COc1ccc(Cl)cc1Cl. The molecule has 8 nitrogen and oxygen atoms in total. The zero-order valence-corrected chi connectivity index (χ0v) is 19.2. The summed E-state index contributed by atoms with van der Waals surface area (Å²) in [4.78, 5) is 26.4. The van der Waals surface area contributed by atoms with Gasteiger partial charge in [-0.1, -0.05) is 29.3 Å². The molecule has 1 heterocycles. The molecule has 0 saturated carbocycles. The van der Waals surface area contributed by atoms with Crippen molar-refractivity contribution in [2.45, 2.75) is 0 Å². The van der Waals surface area contributed by atoms with E-state index in [4.69, 9.17) is 42.1 Å². The fourth-order valence-electron chi connectivity index (χ4n) is 2.98. The molecule has 0 aromatic heterocycles. The van der Waals surface area contributed by atoms with Crippen LogP contribution in [-0.4, -0.2) is 56.8 Å². The number of methoxy groups -OCH3 is 1. The first-order valence-corrected chi connectivity index (χ1v) is 10.6. The van der Waals surface area contributed by atoms with Gasteiger partial charge in [-0.25, -0.2) is 4.79 Å². The molecule has 2 aromatic rings. The number of amides is 1. The van der Waals surface area contributed by atoms with Crippen molar-refractivity contribution in [1.82, 2.24) is 4.90 Å². The van der Waals surface area contributed by atoms with E-state index in [1.54, 1.807) is 29.2 Å². The van der Waals surface area contributed by atoms with E-state index >= 15 is 0 Å². The van der Waals surface area contributed by atoms with Gasteiger partial charge in [0.1, 0.15) is 17.4 Å². The quantitative estimate of drug-likeness (QED) is 0.252. The third-order valence-electron chi connectivity index (χ3n) is 4.61. The monoisotopic (exact) mass is 490 g/mol. The number of nitrogens with zero attached hydrogens (tertiary/aromatic N) is 2. The van der Waals surface area contributed by atoms with E-state index in [9.17, 15) is 14.9 Å². The van der Waals surface area contributed by atoms with E-state index in [0.717, 1.165) is 0 Å². The van der Waals surface area contributed by atoms with Crippen molar-refractivity contribution in [2.75, 3.05) is 40.0 Å². The molecule has 33 heavy (non-hydrogen) atoms. The number of carbonyl (C=O) groups excluding carboxylic acids is 2. The summed E-state index contributed by atoms with van der Waals surface area (Å²) in [5.41, 5.74) is 0.519. The Bertz CT molecular complexity index is 1110. The molecule has 0 unspecified atom stereocenters. The Hall–Kier alpha value is -3.25. The minimum atomic E-state index is -0.678. The molecule has 0 aliphatic carbocycles. The summed E-state index contributed by atoms with van der Waals surface area (Å²) >= 11 is 11.9. The van der Waals surface area contributed by atoms with E-state index in [1.165, 1.54) is 25.3 Å². The molecule has 0 atom stereocenters. The van der Waals surface area contributed by atoms with Crippen molar-refractivity contribution in [3.05, 3.63) is 57.6 Å². The van der Waals surface area contributed by atoms with Gasteiger partial charge in [-0.15, -0.1) is 0 Å². The van der Waals surface area contributed by atoms with Crippen LogP contribution in [0.2, 0.25) is 10.0 Å². The van der Waals surface area contributed by atoms with Crippen LogP contribution in [0.25, 0.3) is 6.08 Å². The van der Waals surface area contributed by atoms with Gasteiger partial charge in [0.2, 0.25) is 0 Å². The lowest BCUT2D eigenvalue weighted by Crippen LogP contribution is -2.41. The molecule has 0 spiro atoms. The number of benzene rings is 2. The van der Waals surface area contributed by atoms with Crippen LogP contribution in [0, 0.1) is 11.3 Å². The lowest BCUT2D eigenvalue weighted by molar-refractivity contribution is -0.136. The molecule has 1 aliphatic rings. The minimum Gasteiger partial charge on any atom is -0.493 e. The molecule has 3 rings (SSSR count). The lowest BCUT2D eigenvalue weighted by Gasteiger charge is -2.26. The number of esters is 1. The summed E-state index contributed by atoms with van der Waals surface area (Å²) < 4.78 is 21.2. The van der Waals surface area contributed by atoms with Gasteiger partial charge in [0.25, 0.3) is 5.91 Å². The number of hydrogen-bond donors (Lipinski definition) is 0. The van der Waals surface area contributed by atoms with Crippen LogP contribution in [0.15, 0.2) is 42.0 Å². The van der Waals surface area contributed by atoms with Crippen molar-refractivity contribution in [1.29, 1.82) is 5.26 Å². The number of halogens is 2. The predicted molar refractivity (Wildman–Crippen MR) is 122 cm³/mol. The number of carbonyl (C=O) groups is 2. The Balaban J connectivity index is 1.68. The number of nitriles is 1. The van der Waals surface area contributed by atoms with Crippen LogP contribution in [0.5, 0.6) is 17.2 Å². The molecule has 2 aromatic carbocycles. The molecule has 1 amide bonds. The van der Waals surface area contributed by atoms with Crippen LogP contribution in [0.3, 0.4) is 0 Å².